The van der Waals surface area contributed by atoms with Crippen LogP contribution in [0.2, 0.25) is 0 Å². The lowest BCUT2D eigenvalue weighted by Crippen LogP contribution is -2.28. The molecule has 0 spiro atoms. The van der Waals surface area contributed by atoms with Crippen molar-refractivity contribution < 1.29 is 8.42 Å². The van der Waals surface area contributed by atoms with Crippen molar-refractivity contribution in [3.8, 4) is 0 Å². The number of sulfonamides is 1. The zero-order chi connectivity index (χ0) is 16.1. The van der Waals surface area contributed by atoms with E-state index in [0.717, 1.165) is 18.7 Å². The molecule has 1 saturated carbocycles. The summed E-state index contributed by atoms with van der Waals surface area (Å²) in [7, 11) is -3.36. The van der Waals surface area contributed by atoms with Crippen molar-refractivity contribution in [1.29, 1.82) is 0 Å². The van der Waals surface area contributed by atoms with Gasteiger partial charge in [0.1, 0.15) is 10.7 Å². The highest BCUT2D eigenvalue weighted by molar-refractivity contribution is 7.89. The van der Waals surface area contributed by atoms with E-state index >= 15 is 0 Å². The first-order chi connectivity index (χ1) is 11.2. The predicted molar refractivity (Wildman–Crippen MR) is 92.0 cm³/mol. The van der Waals surface area contributed by atoms with Gasteiger partial charge in [-0.3, -0.25) is 0 Å². The molecule has 0 unspecified atom stereocenters. The van der Waals surface area contributed by atoms with Gasteiger partial charge < -0.3 is 5.32 Å². The molecule has 1 saturated heterocycles. The molecule has 0 radical (unpaired) electrons. The zero-order valence-electron chi connectivity index (χ0n) is 13.7. The van der Waals surface area contributed by atoms with E-state index in [0.29, 0.717) is 24.0 Å². The first kappa shape index (κ1) is 16.7. The average molecular weight is 337 g/mol. The van der Waals surface area contributed by atoms with E-state index in [4.69, 9.17) is 0 Å². The number of anilines is 1. The summed E-state index contributed by atoms with van der Waals surface area (Å²) in [6.07, 6.45) is 12.3. The normalized spacial score (nSPS) is 21.7. The quantitative estimate of drug-likeness (QED) is 0.915. The number of hydrogen-bond donors (Lipinski definition) is 1. The van der Waals surface area contributed by atoms with Gasteiger partial charge in [-0.1, -0.05) is 32.1 Å². The Labute approximate surface area is 139 Å². The maximum Gasteiger partial charge on any atom is 0.244 e. The maximum atomic E-state index is 12.5. The fraction of sp³-hybridized carbons (Fsp3) is 0.706. The van der Waals surface area contributed by atoms with Crippen LogP contribution < -0.4 is 5.32 Å². The summed E-state index contributed by atoms with van der Waals surface area (Å²) in [5.74, 6) is 0.788. The third-order valence-corrected chi connectivity index (χ3v) is 6.78. The molecular weight excluding hydrogens is 310 g/mol. The minimum absolute atomic E-state index is 0.308. The molecule has 0 bridgehead atoms. The number of rotatable bonds is 4. The first-order valence-electron chi connectivity index (χ1n) is 8.89. The fourth-order valence-corrected chi connectivity index (χ4v) is 4.97. The predicted octanol–water partition coefficient (Wildman–Crippen LogP) is 3.39. The maximum absolute atomic E-state index is 12.5. The SMILES string of the molecule is O=S(=O)(c1ccc(NC2CCCCCCC2)nc1)N1CCCC1. The molecule has 5 nitrogen and oxygen atoms in total. The Morgan fingerprint density at radius 3 is 2.22 bits per heavy atom. The van der Waals surface area contributed by atoms with Crippen LogP contribution in [-0.2, 0) is 10.0 Å². The van der Waals surface area contributed by atoms with Crippen molar-refractivity contribution in [2.45, 2.75) is 68.7 Å². The molecule has 6 heteroatoms. The van der Waals surface area contributed by atoms with Gasteiger partial charge in [0.15, 0.2) is 0 Å². The Balaban J connectivity index is 1.64. The third-order valence-electron chi connectivity index (χ3n) is 4.90. The smallest absolute Gasteiger partial charge is 0.244 e. The van der Waals surface area contributed by atoms with Gasteiger partial charge in [-0.25, -0.2) is 13.4 Å². The number of nitrogens with zero attached hydrogens (tertiary/aromatic N) is 2. The van der Waals surface area contributed by atoms with Gasteiger partial charge in [-0.15, -0.1) is 0 Å². The van der Waals surface area contributed by atoms with E-state index < -0.39 is 10.0 Å². The molecular formula is C17H27N3O2S. The second-order valence-electron chi connectivity index (χ2n) is 6.68. The Kier molecular flexibility index (Phi) is 5.54. The lowest BCUT2D eigenvalue weighted by Gasteiger charge is -2.21. The van der Waals surface area contributed by atoms with Crippen LogP contribution in [0.4, 0.5) is 5.82 Å². The molecule has 1 N–H and O–H groups in total. The van der Waals surface area contributed by atoms with Gasteiger partial charge in [-0.2, -0.15) is 4.31 Å². The second-order valence-corrected chi connectivity index (χ2v) is 8.61. The minimum Gasteiger partial charge on any atom is -0.367 e. The summed E-state index contributed by atoms with van der Waals surface area (Å²) < 4.78 is 26.5. The van der Waals surface area contributed by atoms with Gasteiger partial charge in [0.05, 0.1) is 0 Å². The van der Waals surface area contributed by atoms with Crippen molar-refractivity contribution in [2.24, 2.45) is 0 Å². The minimum atomic E-state index is -3.36. The number of aromatic nitrogens is 1. The third kappa shape index (κ3) is 4.23. The molecule has 0 aromatic carbocycles. The van der Waals surface area contributed by atoms with Crippen LogP contribution in [0.1, 0.15) is 57.8 Å². The molecule has 2 aliphatic rings. The summed E-state index contributed by atoms with van der Waals surface area (Å²) >= 11 is 0. The topological polar surface area (TPSA) is 62.3 Å². The molecule has 2 heterocycles. The standard InChI is InChI=1S/C17H27N3O2S/c21-23(22,20-12-6-7-13-20)16-10-11-17(18-14-16)19-15-8-4-2-1-3-5-9-15/h10-11,14-15H,1-9,12-13H2,(H,18,19). The van der Waals surface area contributed by atoms with Crippen molar-refractivity contribution in [2.75, 3.05) is 18.4 Å². The van der Waals surface area contributed by atoms with E-state index in [1.165, 1.54) is 51.1 Å². The van der Waals surface area contributed by atoms with Gasteiger partial charge in [-0.05, 0) is 37.8 Å². The van der Waals surface area contributed by atoms with Crippen molar-refractivity contribution in [3.05, 3.63) is 18.3 Å². The van der Waals surface area contributed by atoms with E-state index in [2.05, 4.69) is 10.3 Å². The lowest BCUT2D eigenvalue weighted by molar-refractivity contribution is 0.470. The fourth-order valence-electron chi connectivity index (χ4n) is 3.51. The number of hydrogen-bond acceptors (Lipinski definition) is 4. The van der Waals surface area contributed by atoms with Crippen LogP contribution in [0.5, 0.6) is 0 Å². The summed E-state index contributed by atoms with van der Waals surface area (Å²) in [6, 6.07) is 3.96. The summed E-state index contributed by atoms with van der Waals surface area (Å²) in [6.45, 7) is 1.26. The van der Waals surface area contributed by atoms with E-state index in [-0.39, 0.29) is 0 Å². The molecule has 3 rings (SSSR count). The molecule has 128 valence electrons. The van der Waals surface area contributed by atoms with Crippen molar-refractivity contribution in [3.63, 3.8) is 0 Å². The molecule has 0 atom stereocenters. The second kappa shape index (κ2) is 7.62. The van der Waals surface area contributed by atoms with Crippen LogP contribution in [0.15, 0.2) is 23.2 Å². The Hall–Kier alpha value is -1.14. The highest BCUT2D eigenvalue weighted by Crippen LogP contribution is 2.23. The monoisotopic (exact) mass is 337 g/mol. The zero-order valence-corrected chi connectivity index (χ0v) is 14.5. The Morgan fingerprint density at radius 2 is 1.61 bits per heavy atom. The summed E-state index contributed by atoms with van der Waals surface area (Å²) in [4.78, 5) is 4.66. The van der Waals surface area contributed by atoms with Gasteiger partial charge in [0, 0.05) is 25.3 Å². The average Bonchev–Trinajstić information content (AvgIpc) is 3.05. The van der Waals surface area contributed by atoms with Gasteiger partial charge in [0.25, 0.3) is 0 Å². The molecule has 23 heavy (non-hydrogen) atoms. The van der Waals surface area contributed by atoms with E-state index in [9.17, 15) is 8.42 Å². The van der Waals surface area contributed by atoms with Gasteiger partial charge in [0.2, 0.25) is 10.0 Å². The molecule has 1 aromatic rings. The lowest BCUT2D eigenvalue weighted by atomic mass is 9.97. The Bertz CT molecular complexity index is 587. The molecule has 2 fully saturated rings. The van der Waals surface area contributed by atoms with E-state index in [1.807, 2.05) is 6.07 Å². The van der Waals surface area contributed by atoms with Crippen LogP contribution in [0.25, 0.3) is 0 Å². The van der Waals surface area contributed by atoms with Crippen molar-refractivity contribution in [1.82, 2.24) is 9.29 Å². The van der Waals surface area contributed by atoms with Crippen LogP contribution >= 0.6 is 0 Å². The van der Waals surface area contributed by atoms with Gasteiger partial charge >= 0.3 is 0 Å². The molecule has 1 aliphatic carbocycles. The summed E-state index contributed by atoms with van der Waals surface area (Å²) in [5, 5.41) is 3.48. The summed E-state index contributed by atoms with van der Waals surface area (Å²) in [5.41, 5.74) is 0. The van der Waals surface area contributed by atoms with Crippen LogP contribution in [0.3, 0.4) is 0 Å². The van der Waals surface area contributed by atoms with Crippen LogP contribution in [-0.4, -0.2) is 36.8 Å². The molecule has 0 amide bonds. The van der Waals surface area contributed by atoms with E-state index in [1.54, 1.807) is 10.4 Å². The first-order valence-corrected chi connectivity index (χ1v) is 10.3. The number of pyridine rings is 1. The molecule has 1 aromatic heterocycles. The van der Waals surface area contributed by atoms with Crippen LogP contribution in [0, 0.1) is 0 Å². The Morgan fingerprint density at radius 1 is 0.957 bits per heavy atom. The number of nitrogens with one attached hydrogen (secondary N) is 1. The van der Waals surface area contributed by atoms with Crippen molar-refractivity contribution >= 4 is 15.8 Å². The highest BCUT2D eigenvalue weighted by Gasteiger charge is 2.27. The highest BCUT2D eigenvalue weighted by atomic mass is 32.2. The molecule has 1 aliphatic heterocycles. The largest absolute Gasteiger partial charge is 0.367 e.